The van der Waals surface area contributed by atoms with Crippen molar-refractivity contribution in [2.45, 2.75) is 31.2 Å². The number of sulfone groups is 1. The molecule has 0 saturated carbocycles. The lowest BCUT2D eigenvalue weighted by Crippen LogP contribution is -2.35. The molecule has 1 atom stereocenters. The number of amides is 1. The van der Waals surface area contributed by atoms with Gasteiger partial charge in [-0.1, -0.05) is 0 Å². The monoisotopic (exact) mass is 487 g/mol. The van der Waals surface area contributed by atoms with Crippen LogP contribution in [-0.2, 0) is 19.9 Å². The van der Waals surface area contributed by atoms with Crippen LogP contribution in [0, 0.1) is 13.8 Å². The molecule has 0 aliphatic carbocycles. The van der Waals surface area contributed by atoms with Crippen molar-refractivity contribution < 1.29 is 21.6 Å². The number of aromatic nitrogens is 1. The maximum absolute atomic E-state index is 12.6. The van der Waals surface area contributed by atoms with E-state index in [4.69, 9.17) is 0 Å². The maximum atomic E-state index is 12.6. The fraction of sp³-hybridized carbons (Fsp3) is 0.261. The zero-order valence-corrected chi connectivity index (χ0v) is 19.9. The van der Waals surface area contributed by atoms with E-state index in [1.54, 1.807) is 12.1 Å². The Morgan fingerprint density at radius 1 is 0.939 bits per heavy atom. The Bertz CT molecular complexity index is 1370. The van der Waals surface area contributed by atoms with Gasteiger partial charge in [0.15, 0.2) is 9.84 Å². The van der Waals surface area contributed by atoms with Crippen molar-refractivity contribution in [3.05, 3.63) is 77.6 Å². The van der Waals surface area contributed by atoms with Gasteiger partial charge in [-0.15, -0.1) is 0 Å². The van der Waals surface area contributed by atoms with Crippen molar-refractivity contribution in [1.29, 1.82) is 0 Å². The molecule has 0 spiro atoms. The number of rotatable bonds is 6. The third-order valence-corrected chi connectivity index (χ3v) is 8.94. The smallest absolute Gasteiger partial charge is 0.255 e. The molecule has 2 aromatic carbocycles. The molecule has 1 saturated heterocycles. The predicted molar refractivity (Wildman–Crippen MR) is 127 cm³/mol. The molecular formula is C23H25N3O5S2. The summed E-state index contributed by atoms with van der Waals surface area (Å²) < 4.78 is 52.7. The highest BCUT2D eigenvalue weighted by Gasteiger charge is 2.31. The highest BCUT2D eigenvalue weighted by Crippen LogP contribution is 2.20. The second kappa shape index (κ2) is 8.77. The van der Waals surface area contributed by atoms with Crippen LogP contribution in [-0.4, -0.2) is 44.9 Å². The Morgan fingerprint density at radius 3 is 2.09 bits per heavy atom. The number of hydrogen-bond acceptors (Lipinski definition) is 5. The van der Waals surface area contributed by atoms with Gasteiger partial charge in [-0.2, -0.15) is 0 Å². The Kier molecular flexibility index (Phi) is 6.17. The van der Waals surface area contributed by atoms with E-state index < -0.39 is 25.9 Å². The summed E-state index contributed by atoms with van der Waals surface area (Å²) in [6.45, 7) is 4.03. The van der Waals surface area contributed by atoms with Gasteiger partial charge in [0.1, 0.15) is 0 Å². The average molecular weight is 488 g/mol. The first-order valence-corrected chi connectivity index (χ1v) is 13.7. The quantitative estimate of drug-likeness (QED) is 0.555. The number of carbonyl (C=O) groups is 1. The van der Waals surface area contributed by atoms with Crippen LogP contribution in [0.4, 0.5) is 5.69 Å². The van der Waals surface area contributed by atoms with Gasteiger partial charge < -0.3 is 9.88 Å². The number of aryl methyl sites for hydroxylation is 2. The van der Waals surface area contributed by atoms with E-state index in [2.05, 4.69) is 14.6 Å². The fourth-order valence-corrected chi connectivity index (χ4v) is 6.98. The third kappa shape index (κ3) is 5.18. The van der Waals surface area contributed by atoms with E-state index in [-0.39, 0.29) is 28.7 Å². The molecule has 1 aromatic heterocycles. The van der Waals surface area contributed by atoms with Crippen molar-refractivity contribution in [1.82, 2.24) is 9.29 Å². The number of anilines is 1. The van der Waals surface area contributed by atoms with Crippen molar-refractivity contribution in [3.8, 4) is 5.69 Å². The molecule has 1 amide bonds. The van der Waals surface area contributed by atoms with Gasteiger partial charge in [-0.05, 0) is 80.9 Å². The minimum absolute atomic E-state index is 0.00612. The first kappa shape index (κ1) is 23.2. The summed E-state index contributed by atoms with van der Waals surface area (Å²) in [5.74, 6) is -0.522. The molecule has 0 radical (unpaired) electrons. The van der Waals surface area contributed by atoms with E-state index >= 15 is 0 Å². The minimum atomic E-state index is -3.85. The van der Waals surface area contributed by atoms with Crippen LogP contribution in [0.25, 0.3) is 5.69 Å². The zero-order chi connectivity index (χ0) is 23.8. The summed E-state index contributed by atoms with van der Waals surface area (Å²) in [5.41, 5.74) is 4.09. The van der Waals surface area contributed by atoms with Gasteiger partial charge >= 0.3 is 0 Å². The molecule has 174 valence electrons. The lowest BCUT2D eigenvalue weighted by molar-refractivity contribution is 0.102. The molecule has 1 fully saturated rings. The van der Waals surface area contributed by atoms with Gasteiger partial charge in [-0.3, -0.25) is 4.79 Å². The molecule has 1 aliphatic rings. The highest BCUT2D eigenvalue weighted by molar-refractivity contribution is 7.92. The SMILES string of the molecule is Cc1ccc(C)n1-c1ccc(C(=O)Nc2ccc(S(=O)(=O)N[C@@H]3CCS(=O)(=O)C3)cc2)cc1. The topological polar surface area (TPSA) is 114 Å². The number of carbonyl (C=O) groups excluding carboxylic acids is 1. The van der Waals surface area contributed by atoms with Gasteiger partial charge in [0.2, 0.25) is 10.0 Å². The summed E-state index contributed by atoms with van der Waals surface area (Å²) in [6.07, 6.45) is 0.262. The van der Waals surface area contributed by atoms with Gasteiger partial charge in [0.05, 0.1) is 16.4 Å². The second-order valence-corrected chi connectivity index (χ2v) is 12.1. The van der Waals surface area contributed by atoms with Crippen molar-refractivity contribution in [2.24, 2.45) is 0 Å². The van der Waals surface area contributed by atoms with Gasteiger partial charge in [0.25, 0.3) is 5.91 Å². The third-order valence-electron chi connectivity index (χ3n) is 5.64. The molecule has 4 rings (SSSR count). The number of sulfonamides is 1. The summed E-state index contributed by atoms with van der Waals surface area (Å²) in [5, 5.41) is 2.76. The Balaban J connectivity index is 1.42. The van der Waals surface area contributed by atoms with Gasteiger partial charge in [0, 0.05) is 34.4 Å². The summed E-state index contributed by atoms with van der Waals surface area (Å²) in [6, 6.07) is 16.4. The summed E-state index contributed by atoms with van der Waals surface area (Å²) in [7, 11) is -7.05. The van der Waals surface area contributed by atoms with Crippen LogP contribution in [0.15, 0.2) is 65.6 Å². The van der Waals surface area contributed by atoms with Crippen LogP contribution in [0.1, 0.15) is 28.2 Å². The van der Waals surface area contributed by atoms with Crippen LogP contribution in [0.2, 0.25) is 0 Å². The van der Waals surface area contributed by atoms with Crippen LogP contribution < -0.4 is 10.0 Å². The van der Waals surface area contributed by atoms with E-state index in [1.807, 2.05) is 38.1 Å². The predicted octanol–water partition coefficient (Wildman–Crippen LogP) is 2.81. The molecular weight excluding hydrogens is 462 g/mol. The lowest BCUT2D eigenvalue weighted by Gasteiger charge is -2.12. The van der Waals surface area contributed by atoms with Gasteiger partial charge in [-0.25, -0.2) is 21.6 Å². The zero-order valence-electron chi connectivity index (χ0n) is 18.3. The number of hydrogen-bond donors (Lipinski definition) is 2. The lowest BCUT2D eigenvalue weighted by atomic mass is 10.2. The Labute approximate surface area is 193 Å². The Hall–Kier alpha value is -2.95. The molecule has 0 bridgehead atoms. The molecule has 0 unspecified atom stereocenters. The first-order chi connectivity index (χ1) is 15.5. The molecule has 10 heteroatoms. The second-order valence-electron chi connectivity index (χ2n) is 8.20. The van der Waals surface area contributed by atoms with Crippen LogP contribution >= 0.6 is 0 Å². The molecule has 2 N–H and O–H groups in total. The first-order valence-electron chi connectivity index (χ1n) is 10.4. The molecule has 1 aliphatic heterocycles. The van der Waals surface area contributed by atoms with Crippen LogP contribution in [0.5, 0.6) is 0 Å². The number of nitrogens with zero attached hydrogens (tertiary/aromatic N) is 1. The van der Waals surface area contributed by atoms with E-state index in [9.17, 15) is 21.6 Å². The minimum Gasteiger partial charge on any atom is -0.322 e. The highest BCUT2D eigenvalue weighted by atomic mass is 32.2. The Morgan fingerprint density at radius 2 is 1.55 bits per heavy atom. The maximum Gasteiger partial charge on any atom is 0.255 e. The molecule has 8 nitrogen and oxygen atoms in total. The fourth-order valence-electron chi connectivity index (χ4n) is 3.93. The molecule has 2 heterocycles. The standard InChI is InChI=1S/C23H25N3O5S2/c1-16-3-4-17(2)26(16)21-9-5-18(6-10-21)23(27)24-19-7-11-22(12-8-19)33(30,31)25-20-13-14-32(28,29)15-20/h3-12,20,25H,13-15H2,1-2H3,(H,24,27)/t20-/m1/s1. The summed E-state index contributed by atoms with van der Waals surface area (Å²) >= 11 is 0. The summed E-state index contributed by atoms with van der Waals surface area (Å²) in [4.78, 5) is 12.6. The molecule has 3 aromatic rings. The van der Waals surface area contributed by atoms with Crippen molar-refractivity contribution >= 4 is 31.5 Å². The van der Waals surface area contributed by atoms with E-state index in [0.29, 0.717) is 11.3 Å². The average Bonchev–Trinajstić information content (AvgIpc) is 3.28. The van der Waals surface area contributed by atoms with Crippen LogP contribution in [0.3, 0.4) is 0 Å². The largest absolute Gasteiger partial charge is 0.322 e. The number of benzene rings is 2. The van der Waals surface area contributed by atoms with E-state index in [1.165, 1.54) is 24.3 Å². The number of nitrogens with one attached hydrogen (secondary N) is 2. The van der Waals surface area contributed by atoms with E-state index in [0.717, 1.165) is 17.1 Å². The normalized spacial score (nSPS) is 17.7. The van der Waals surface area contributed by atoms with Crippen molar-refractivity contribution in [2.75, 3.05) is 16.8 Å². The van der Waals surface area contributed by atoms with Crippen molar-refractivity contribution in [3.63, 3.8) is 0 Å². The molecule has 33 heavy (non-hydrogen) atoms.